The van der Waals surface area contributed by atoms with Crippen LogP contribution in [-0.2, 0) is 4.74 Å². The van der Waals surface area contributed by atoms with Crippen molar-refractivity contribution in [1.29, 1.82) is 0 Å². The molecule has 22 heavy (non-hydrogen) atoms. The first-order valence-electron chi connectivity index (χ1n) is 7.04. The van der Waals surface area contributed by atoms with E-state index in [0.29, 0.717) is 29.0 Å². The molecule has 1 N–H and O–H groups in total. The van der Waals surface area contributed by atoms with Crippen molar-refractivity contribution >= 4 is 22.5 Å². The minimum absolute atomic E-state index is 0.00241. The lowest BCUT2D eigenvalue weighted by Gasteiger charge is -2.41. The van der Waals surface area contributed by atoms with Gasteiger partial charge in [0.05, 0.1) is 24.5 Å². The van der Waals surface area contributed by atoms with Gasteiger partial charge >= 0.3 is 6.03 Å². The molecule has 2 amide bonds. The highest BCUT2D eigenvalue weighted by Gasteiger charge is 2.34. The van der Waals surface area contributed by atoms with Crippen LogP contribution in [0.15, 0.2) is 22.8 Å². The summed E-state index contributed by atoms with van der Waals surface area (Å²) in [6.07, 6.45) is 1.58. The van der Waals surface area contributed by atoms with Crippen LogP contribution in [0.2, 0.25) is 0 Å². The molecule has 7 nitrogen and oxygen atoms in total. The molecule has 1 saturated heterocycles. The van der Waals surface area contributed by atoms with Crippen LogP contribution in [-0.4, -0.2) is 45.9 Å². The Hall–Kier alpha value is -1.93. The summed E-state index contributed by atoms with van der Waals surface area (Å²) in [5.74, 6) is 0.638. The minimum atomic E-state index is -0.352. The number of aromatic nitrogens is 2. The van der Waals surface area contributed by atoms with E-state index in [1.54, 1.807) is 23.3 Å². The molecular formula is C14H18N4O3S. The van der Waals surface area contributed by atoms with Crippen molar-refractivity contribution in [1.82, 2.24) is 15.1 Å². The molecule has 1 aliphatic rings. The Labute approximate surface area is 132 Å². The van der Waals surface area contributed by atoms with Gasteiger partial charge in [0.25, 0.3) is 0 Å². The molecule has 1 fully saturated rings. The fourth-order valence-corrected chi connectivity index (χ4v) is 3.25. The number of hydrogen-bond acceptors (Lipinski definition) is 6. The number of carbonyl (C=O) groups is 1. The zero-order valence-corrected chi connectivity index (χ0v) is 13.5. The quantitative estimate of drug-likeness (QED) is 0.919. The number of amides is 2. The molecule has 0 aliphatic carbocycles. The van der Waals surface area contributed by atoms with Crippen LogP contribution < -0.4 is 5.32 Å². The van der Waals surface area contributed by atoms with E-state index >= 15 is 0 Å². The van der Waals surface area contributed by atoms with E-state index in [1.165, 1.54) is 11.3 Å². The molecule has 0 bridgehead atoms. The number of nitrogens with zero attached hydrogens (tertiary/aromatic N) is 3. The molecule has 1 aliphatic heterocycles. The average molecular weight is 322 g/mol. The Morgan fingerprint density at radius 1 is 1.50 bits per heavy atom. The lowest BCUT2D eigenvalue weighted by atomic mass is 10.1. The molecule has 0 aromatic carbocycles. The molecule has 2 aromatic heterocycles. The van der Waals surface area contributed by atoms with Gasteiger partial charge in [0.1, 0.15) is 0 Å². The number of furan rings is 1. The topological polar surface area (TPSA) is 80.5 Å². The van der Waals surface area contributed by atoms with Crippen LogP contribution >= 0.6 is 11.3 Å². The van der Waals surface area contributed by atoms with E-state index in [-0.39, 0.29) is 17.7 Å². The maximum Gasteiger partial charge on any atom is 0.323 e. The predicted molar refractivity (Wildman–Crippen MR) is 82.8 cm³/mol. The standard InChI is InChI=1S/C14H18N4O3S/c1-9-7-18(8-14(2,3)21-9)13(19)15-12-17-16-11(22-12)10-5-4-6-20-10/h4-6,9H,7-8H2,1-3H3,(H,15,17,19). The van der Waals surface area contributed by atoms with Gasteiger partial charge in [-0.1, -0.05) is 11.3 Å². The Bertz CT molecular complexity index is 653. The second-order valence-electron chi connectivity index (χ2n) is 5.89. The van der Waals surface area contributed by atoms with Crippen molar-refractivity contribution in [3.63, 3.8) is 0 Å². The minimum Gasteiger partial charge on any atom is -0.462 e. The van der Waals surface area contributed by atoms with Gasteiger partial charge in [-0.25, -0.2) is 4.79 Å². The van der Waals surface area contributed by atoms with E-state index in [9.17, 15) is 4.79 Å². The zero-order chi connectivity index (χ0) is 15.7. The Morgan fingerprint density at radius 3 is 3.00 bits per heavy atom. The number of carbonyl (C=O) groups excluding carboxylic acids is 1. The van der Waals surface area contributed by atoms with Crippen molar-refractivity contribution in [2.45, 2.75) is 32.5 Å². The van der Waals surface area contributed by atoms with E-state index in [1.807, 2.05) is 20.8 Å². The summed E-state index contributed by atoms with van der Waals surface area (Å²) in [6.45, 7) is 7.00. The van der Waals surface area contributed by atoms with E-state index in [0.717, 1.165) is 0 Å². The van der Waals surface area contributed by atoms with Crippen LogP contribution in [0, 0.1) is 0 Å². The number of morpholine rings is 1. The maximum absolute atomic E-state index is 12.4. The van der Waals surface area contributed by atoms with Crippen LogP contribution in [0.1, 0.15) is 20.8 Å². The SMILES string of the molecule is CC1CN(C(=O)Nc2nnc(-c3ccco3)s2)CC(C)(C)O1. The average Bonchev–Trinajstić information content (AvgIpc) is 3.05. The van der Waals surface area contributed by atoms with E-state index < -0.39 is 0 Å². The summed E-state index contributed by atoms with van der Waals surface area (Å²) in [5.41, 5.74) is -0.352. The second kappa shape index (κ2) is 5.69. The number of rotatable bonds is 2. The Morgan fingerprint density at radius 2 is 2.32 bits per heavy atom. The molecule has 1 atom stereocenters. The lowest BCUT2D eigenvalue weighted by molar-refractivity contribution is -0.116. The fourth-order valence-electron chi connectivity index (χ4n) is 2.55. The van der Waals surface area contributed by atoms with Gasteiger partial charge in [0.2, 0.25) is 5.13 Å². The molecule has 118 valence electrons. The van der Waals surface area contributed by atoms with Gasteiger partial charge in [-0.3, -0.25) is 5.32 Å². The van der Waals surface area contributed by atoms with Gasteiger partial charge in [-0.15, -0.1) is 10.2 Å². The highest BCUT2D eigenvalue weighted by molar-refractivity contribution is 7.18. The number of urea groups is 1. The van der Waals surface area contributed by atoms with Gasteiger partial charge in [-0.2, -0.15) is 0 Å². The molecule has 3 rings (SSSR count). The summed E-state index contributed by atoms with van der Waals surface area (Å²) in [6, 6.07) is 3.40. The molecule has 2 aromatic rings. The Kier molecular flexibility index (Phi) is 3.88. The van der Waals surface area contributed by atoms with E-state index in [4.69, 9.17) is 9.15 Å². The lowest BCUT2D eigenvalue weighted by Crippen LogP contribution is -2.54. The largest absolute Gasteiger partial charge is 0.462 e. The Balaban J connectivity index is 1.67. The summed E-state index contributed by atoms with van der Waals surface area (Å²) in [7, 11) is 0. The molecule has 0 radical (unpaired) electrons. The molecule has 1 unspecified atom stereocenters. The normalized spacial score (nSPS) is 20.9. The van der Waals surface area contributed by atoms with Gasteiger partial charge < -0.3 is 14.1 Å². The van der Waals surface area contributed by atoms with Crippen molar-refractivity contribution in [2.75, 3.05) is 18.4 Å². The van der Waals surface area contributed by atoms with Crippen LogP contribution in [0.4, 0.5) is 9.93 Å². The van der Waals surface area contributed by atoms with Crippen molar-refractivity contribution < 1.29 is 13.9 Å². The molecule has 3 heterocycles. The molecular weight excluding hydrogens is 304 g/mol. The smallest absolute Gasteiger partial charge is 0.323 e. The number of hydrogen-bond donors (Lipinski definition) is 1. The summed E-state index contributed by atoms with van der Waals surface area (Å²) in [4.78, 5) is 14.1. The van der Waals surface area contributed by atoms with Crippen molar-refractivity contribution in [2.24, 2.45) is 0 Å². The first-order valence-corrected chi connectivity index (χ1v) is 7.86. The third-order valence-corrected chi connectivity index (χ3v) is 4.08. The van der Waals surface area contributed by atoms with E-state index in [2.05, 4.69) is 15.5 Å². The third kappa shape index (κ3) is 3.28. The molecule has 0 spiro atoms. The summed E-state index contributed by atoms with van der Waals surface area (Å²) in [5, 5.41) is 11.9. The van der Waals surface area contributed by atoms with Crippen molar-refractivity contribution in [3.8, 4) is 10.8 Å². The maximum atomic E-state index is 12.4. The monoisotopic (exact) mass is 322 g/mol. The number of nitrogens with one attached hydrogen (secondary N) is 1. The summed E-state index contributed by atoms with van der Waals surface area (Å²) < 4.78 is 11.1. The number of ether oxygens (including phenoxy) is 1. The first kappa shape index (κ1) is 15.0. The fraction of sp³-hybridized carbons (Fsp3) is 0.500. The first-order chi connectivity index (χ1) is 10.4. The summed E-state index contributed by atoms with van der Waals surface area (Å²) >= 11 is 1.28. The highest BCUT2D eigenvalue weighted by atomic mass is 32.1. The van der Waals surface area contributed by atoms with Crippen LogP contribution in [0.3, 0.4) is 0 Å². The van der Waals surface area contributed by atoms with Crippen molar-refractivity contribution in [3.05, 3.63) is 18.4 Å². The van der Waals surface area contributed by atoms with Crippen LogP contribution in [0.5, 0.6) is 0 Å². The molecule has 8 heteroatoms. The predicted octanol–water partition coefficient (Wildman–Crippen LogP) is 2.83. The van der Waals surface area contributed by atoms with Gasteiger partial charge in [0, 0.05) is 6.54 Å². The third-order valence-electron chi connectivity index (χ3n) is 3.23. The van der Waals surface area contributed by atoms with Gasteiger partial charge in [-0.05, 0) is 32.9 Å². The highest BCUT2D eigenvalue weighted by Crippen LogP contribution is 2.27. The van der Waals surface area contributed by atoms with Gasteiger partial charge in [0.15, 0.2) is 10.8 Å². The number of anilines is 1. The second-order valence-corrected chi connectivity index (χ2v) is 6.87. The van der Waals surface area contributed by atoms with Crippen LogP contribution in [0.25, 0.3) is 10.8 Å². The zero-order valence-electron chi connectivity index (χ0n) is 12.7. The molecule has 0 saturated carbocycles.